The van der Waals surface area contributed by atoms with E-state index in [1.807, 2.05) is 25.8 Å². The maximum absolute atomic E-state index is 12.8. The molecule has 1 N–H and O–H groups in total. The quantitative estimate of drug-likeness (QED) is 0.141. The van der Waals surface area contributed by atoms with Crippen LogP contribution in [0.3, 0.4) is 0 Å². The Balaban J connectivity index is 1.46. The zero-order chi connectivity index (χ0) is 31.8. The molecule has 1 saturated carbocycles. The lowest BCUT2D eigenvalue weighted by Crippen LogP contribution is -2.60. The molecule has 0 aromatic rings. The Hall–Kier alpha value is -2.89. The first-order chi connectivity index (χ1) is 20.1. The zero-order valence-electron chi connectivity index (χ0n) is 27.0. The molecule has 0 spiro atoms. The first kappa shape index (κ1) is 34.6. The molecule has 2 heterocycles. The Bertz CT molecular complexity index is 995. The van der Waals surface area contributed by atoms with Crippen LogP contribution < -0.4 is 5.32 Å². The van der Waals surface area contributed by atoms with Gasteiger partial charge in [-0.25, -0.2) is 29.3 Å². The topological polar surface area (TPSA) is 139 Å². The van der Waals surface area contributed by atoms with Crippen LogP contribution >= 0.6 is 0 Å². The number of hydrogen-bond donors (Lipinski definition) is 1. The molecule has 13 heteroatoms. The largest absolute Gasteiger partial charge is 0.467 e. The van der Waals surface area contributed by atoms with Crippen LogP contribution in [0.4, 0.5) is 9.59 Å². The Morgan fingerprint density at radius 1 is 0.907 bits per heavy atom. The number of methoxy groups -OCH3 is 1. The second-order valence-corrected chi connectivity index (χ2v) is 13.8. The molecule has 244 valence electrons. The van der Waals surface area contributed by atoms with E-state index in [1.165, 1.54) is 7.11 Å². The third-order valence-corrected chi connectivity index (χ3v) is 8.14. The van der Waals surface area contributed by atoms with Gasteiger partial charge >= 0.3 is 18.2 Å². The highest BCUT2D eigenvalue weighted by Gasteiger charge is 2.47. The van der Waals surface area contributed by atoms with Crippen molar-refractivity contribution in [3.8, 4) is 0 Å². The summed E-state index contributed by atoms with van der Waals surface area (Å²) in [6, 6.07) is -0.132. The Kier molecular flexibility index (Phi) is 11.8. The van der Waals surface area contributed by atoms with E-state index >= 15 is 0 Å². The smallest absolute Gasteiger partial charge is 0.410 e. The van der Waals surface area contributed by atoms with Gasteiger partial charge in [0.25, 0.3) is 6.08 Å². The van der Waals surface area contributed by atoms with Crippen molar-refractivity contribution in [3.05, 3.63) is 0 Å². The van der Waals surface area contributed by atoms with Gasteiger partial charge in [0.15, 0.2) is 0 Å². The molecule has 3 aliphatic rings. The second kappa shape index (κ2) is 14.7. The van der Waals surface area contributed by atoms with E-state index in [4.69, 9.17) is 18.9 Å². The van der Waals surface area contributed by atoms with E-state index in [2.05, 4.69) is 10.4 Å². The second-order valence-electron chi connectivity index (χ2n) is 13.8. The third kappa shape index (κ3) is 10.4. The van der Waals surface area contributed by atoms with E-state index in [0.717, 1.165) is 25.7 Å². The minimum Gasteiger partial charge on any atom is -0.467 e. The molecular weight excluding hydrogens is 558 g/mol. The maximum atomic E-state index is 12.8. The molecule has 0 aromatic heterocycles. The number of nitrogens with zero attached hydrogens (tertiary/aromatic N) is 4. The number of hydrogen-bond acceptors (Lipinski definition) is 11. The average Bonchev–Trinajstić information content (AvgIpc) is 2.93. The monoisotopic (exact) mass is 609 g/mol. The van der Waals surface area contributed by atoms with Crippen LogP contribution in [0.15, 0.2) is 5.10 Å². The summed E-state index contributed by atoms with van der Waals surface area (Å²) in [7, 11) is 1.30. The van der Waals surface area contributed by atoms with Crippen LogP contribution in [-0.4, -0.2) is 108 Å². The number of rotatable bonds is 8. The fourth-order valence-corrected chi connectivity index (χ4v) is 5.91. The fourth-order valence-electron chi connectivity index (χ4n) is 5.91. The molecule has 0 atom stereocenters. The molecule has 13 nitrogen and oxygen atoms in total. The molecular formula is C30H51N5O8. The number of hydrazone groups is 1. The molecule has 3 fully saturated rings. The van der Waals surface area contributed by atoms with Crippen LogP contribution in [-0.2, 0) is 28.5 Å². The highest BCUT2D eigenvalue weighted by Crippen LogP contribution is 2.34. The third-order valence-electron chi connectivity index (χ3n) is 8.14. The van der Waals surface area contributed by atoms with Crippen molar-refractivity contribution in [1.82, 2.24) is 20.3 Å². The summed E-state index contributed by atoms with van der Waals surface area (Å²) >= 11 is 0. The predicted molar refractivity (Wildman–Crippen MR) is 157 cm³/mol. The summed E-state index contributed by atoms with van der Waals surface area (Å²) in [6.45, 7) is 14.2. The lowest BCUT2D eigenvalue weighted by molar-refractivity contribution is -0.153. The summed E-state index contributed by atoms with van der Waals surface area (Å²) in [5.41, 5.74) is -2.40. The van der Waals surface area contributed by atoms with Crippen molar-refractivity contribution in [1.29, 1.82) is 0 Å². The lowest BCUT2D eigenvalue weighted by atomic mass is 9.79. The van der Waals surface area contributed by atoms with Crippen LogP contribution in [0.25, 0.3) is 0 Å². The van der Waals surface area contributed by atoms with Gasteiger partial charge < -0.3 is 29.2 Å². The van der Waals surface area contributed by atoms with E-state index in [0.29, 0.717) is 64.4 Å². The van der Waals surface area contributed by atoms with E-state index in [9.17, 15) is 19.2 Å². The van der Waals surface area contributed by atoms with Gasteiger partial charge in [-0.15, -0.1) is 0 Å². The van der Waals surface area contributed by atoms with Crippen molar-refractivity contribution in [2.24, 2.45) is 11.0 Å². The number of carbonyl (C=O) groups excluding carboxylic acids is 4. The summed E-state index contributed by atoms with van der Waals surface area (Å²) in [5.74, 6) is -0.116. The molecule has 3 rings (SSSR count). The molecule has 2 aliphatic heterocycles. The zero-order valence-corrected chi connectivity index (χ0v) is 27.0. The molecule has 1 aliphatic carbocycles. The summed E-state index contributed by atoms with van der Waals surface area (Å²) < 4.78 is 22.2. The first-order valence-electron chi connectivity index (χ1n) is 15.5. The predicted octanol–water partition coefficient (Wildman–Crippen LogP) is 3.96. The molecule has 0 unspecified atom stereocenters. The van der Waals surface area contributed by atoms with Crippen molar-refractivity contribution in [2.45, 2.75) is 122 Å². The molecule has 0 aromatic carbocycles. The number of esters is 1. The Labute approximate surface area is 255 Å². The molecule has 2 amide bonds. The average molecular weight is 610 g/mol. The number of carbonyl (C=O) groups is 3. The van der Waals surface area contributed by atoms with Gasteiger partial charge in [0, 0.05) is 32.8 Å². The first-order valence-corrected chi connectivity index (χ1v) is 15.5. The normalized spacial score (nSPS) is 24.4. The van der Waals surface area contributed by atoms with E-state index in [1.54, 1.807) is 36.9 Å². The van der Waals surface area contributed by atoms with Gasteiger partial charge in [-0.2, -0.15) is 0 Å². The standard InChI is InChI=1S/C30H51N5O8/c1-28(2,3)42-26(38)32-30(25(37)40-7)14-8-23(9-15-30)35(31-21-36)34-18-12-24(13-19-34)41-20-22-10-16-33(17-11-22)27(39)43-29(4,5)6/h22-24H,8-20H2,1-7H3,(H,32,38). The van der Waals surface area contributed by atoms with Gasteiger partial charge in [0.1, 0.15) is 16.7 Å². The van der Waals surface area contributed by atoms with Crippen LogP contribution in [0.5, 0.6) is 0 Å². The number of piperidine rings is 2. The van der Waals surface area contributed by atoms with Crippen LogP contribution in [0.1, 0.15) is 92.9 Å². The Morgan fingerprint density at radius 2 is 1.49 bits per heavy atom. The number of amides is 2. The summed E-state index contributed by atoms with van der Waals surface area (Å²) in [6.07, 6.45) is 5.89. The minimum atomic E-state index is -1.20. The van der Waals surface area contributed by atoms with Gasteiger partial charge in [-0.3, -0.25) is 0 Å². The number of likely N-dealkylation sites (tertiary alicyclic amines) is 1. The van der Waals surface area contributed by atoms with Crippen molar-refractivity contribution < 1.29 is 38.1 Å². The number of isocyanates is 1. The van der Waals surface area contributed by atoms with Gasteiger partial charge in [0.2, 0.25) is 0 Å². The van der Waals surface area contributed by atoms with E-state index in [-0.39, 0.29) is 18.2 Å². The minimum absolute atomic E-state index is 0.110. The summed E-state index contributed by atoms with van der Waals surface area (Å²) in [4.78, 5) is 50.8. The number of ether oxygens (including phenoxy) is 4. The highest BCUT2D eigenvalue weighted by atomic mass is 16.6. The van der Waals surface area contributed by atoms with Crippen LogP contribution in [0, 0.1) is 5.92 Å². The van der Waals surface area contributed by atoms with Gasteiger partial charge in [0.05, 0.1) is 19.3 Å². The SMILES string of the molecule is COC(=O)C1(NC(=O)OC(C)(C)C)CCC(N(N=C=O)N2CCC(OCC3CCN(C(=O)OC(C)(C)C)CC3)CC2)CC1. The molecule has 2 saturated heterocycles. The molecule has 0 radical (unpaired) electrons. The number of nitrogens with one attached hydrogen (secondary N) is 1. The number of hydrazine groups is 1. The number of alkyl carbamates (subject to hydrolysis) is 1. The van der Waals surface area contributed by atoms with Crippen molar-refractivity contribution in [2.75, 3.05) is 39.9 Å². The van der Waals surface area contributed by atoms with Gasteiger partial charge in [-0.1, -0.05) is 5.10 Å². The maximum Gasteiger partial charge on any atom is 0.410 e. The highest BCUT2D eigenvalue weighted by molar-refractivity contribution is 5.86. The van der Waals surface area contributed by atoms with Crippen molar-refractivity contribution in [3.63, 3.8) is 0 Å². The summed E-state index contributed by atoms with van der Waals surface area (Å²) in [5, 5.41) is 10.5. The fraction of sp³-hybridized carbons (Fsp3) is 0.867. The molecule has 43 heavy (non-hydrogen) atoms. The Morgan fingerprint density at radius 3 is 2.00 bits per heavy atom. The lowest BCUT2D eigenvalue weighted by Gasteiger charge is -2.45. The van der Waals surface area contributed by atoms with E-state index < -0.39 is 28.8 Å². The molecule has 0 bridgehead atoms. The van der Waals surface area contributed by atoms with Crippen molar-refractivity contribution >= 4 is 24.2 Å². The van der Waals surface area contributed by atoms with Gasteiger partial charge in [-0.05, 0) is 98.8 Å². The van der Waals surface area contributed by atoms with Crippen LogP contribution in [0.2, 0.25) is 0 Å².